The Morgan fingerprint density at radius 3 is 2.37 bits per heavy atom. The largest absolute Gasteiger partial charge is 0.479 e. The molecule has 0 saturated carbocycles. The first-order valence-corrected chi connectivity index (χ1v) is 6.22. The summed E-state index contributed by atoms with van der Waals surface area (Å²) in [6.07, 6.45) is -1.33. The van der Waals surface area contributed by atoms with Gasteiger partial charge >= 0.3 is 12.0 Å². The van der Waals surface area contributed by atoms with E-state index in [2.05, 4.69) is 0 Å². The Labute approximate surface area is 110 Å². The first kappa shape index (κ1) is 14.0. The van der Waals surface area contributed by atoms with Crippen molar-refractivity contribution in [1.82, 2.24) is 9.80 Å². The molecule has 108 valence electrons. The summed E-state index contributed by atoms with van der Waals surface area (Å²) in [5.41, 5.74) is 0. The van der Waals surface area contributed by atoms with Gasteiger partial charge in [-0.15, -0.1) is 0 Å². The Balaban J connectivity index is 1.93. The molecule has 8 heteroatoms. The molecular weight excluding hydrogens is 256 g/mol. The zero-order valence-electron chi connectivity index (χ0n) is 10.5. The lowest BCUT2D eigenvalue weighted by Crippen LogP contribution is -2.56. The SMILES string of the molecule is O=C(O)C1CN(C(=O)N2CCOC(CO)C2)CCO1. The maximum atomic E-state index is 12.2. The van der Waals surface area contributed by atoms with Crippen LogP contribution in [0.25, 0.3) is 0 Å². The van der Waals surface area contributed by atoms with Crippen LogP contribution in [0.2, 0.25) is 0 Å². The predicted octanol–water partition coefficient (Wildman–Crippen LogP) is -1.42. The molecule has 2 aliphatic heterocycles. The van der Waals surface area contributed by atoms with Gasteiger partial charge in [0.2, 0.25) is 0 Å². The van der Waals surface area contributed by atoms with Crippen molar-refractivity contribution in [2.45, 2.75) is 12.2 Å². The van der Waals surface area contributed by atoms with Crippen LogP contribution in [-0.2, 0) is 14.3 Å². The number of carboxylic acids is 1. The summed E-state index contributed by atoms with van der Waals surface area (Å²) in [6.45, 7) is 1.67. The third kappa shape index (κ3) is 3.34. The van der Waals surface area contributed by atoms with E-state index in [9.17, 15) is 9.59 Å². The molecule has 0 aliphatic carbocycles. The second kappa shape index (κ2) is 6.18. The van der Waals surface area contributed by atoms with Gasteiger partial charge < -0.3 is 29.5 Å². The minimum Gasteiger partial charge on any atom is -0.479 e. The van der Waals surface area contributed by atoms with Crippen LogP contribution in [0.1, 0.15) is 0 Å². The maximum Gasteiger partial charge on any atom is 0.334 e. The highest BCUT2D eigenvalue weighted by Crippen LogP contribution is 2.12. The van der Waals surface area contributed by atoms with Crippen LogP contribution in [0.5, 0.6) is 0 Å². The van der Waals surface area contributed by atoms with Gasteiger partial charge in [-0.05, 0) is 0 Å². The molecule has 8 nitrogen and oxygen atoms in total. The van der Waals surface area contributed by atoms with Gasteiger partial charge in [-0.25, -0.2) is 9.59 Å². The van der Waals surface area contributed by atoms with Gasteiger partial charge in [-0.2, -0.15) is 0 Å². The normalized spacial score (nSPS) is 28.3. The smallest absolute Gasteiger partial charge is 0.334 e. The molecule has 2 fully saturated rings. The summed E-state index contributed by atoms with van der Waals surface area (Å²) >= 11 is 0. The van der Waals surface area contributed by atoms with Crippen LogP contribution in [0.15, 0.2) is 0 Å². The van der Waals surface area contributed by atoms with Crippen molar-refractivity contribution in [3.8, 4) is 0 Å². The fourth-order valence-corrected chi connectivity index (χ4v) is 2.18. The molecule has 2 unspecified atom stereocenters. The van der Waals surface area contributed by atoms with Crippen molar-refractivity contribution in [3.63, 3.8) is 0 Å². The Morgan fingerprint density at radius 2 is 1.74 bits per heavy atom. The molecule has 19 heavy (non-hydrogen) atoms. The second-order valence-corrected chi connectivity index (χ2v) is 4.55. The van der Waals surface area contributed by atoms with E-state index in [-0.39, 0.29) is 31.9 Å². The van der Waals surface area contributed by atoms with Crippen LogP contribution in [0.4, 0.5) is 4.79 Å². The Bertz CT molecular complexity index is 350. The number of aliphatic hydroxyl groups is 1. The number of hydrogen-bond acceptors (Lipinski definition) is 5. The summed E-state index contributed by atoms with van der Waals surface area (Å²) in [5.74, 6) is -1.06. The monoisotopic (exact) mass is 274 g/mol. The molecule has 0 aromatic rings. The average Bonchev–Trinajstić information content (AvgIpc) is 2.46. The van der Waals surface area contributed by atoms with Crippen molar-refractivity contribution >= 4 is 12.0 Å². The minimum absolute atomic E-state index is 0.0509. The van der Waals surface area contributed by atoms with E-state index in [4.69, 9.17) is 19.7 Å². The van der Waals surface area contributed by atoms with Crippen LogP contribution >= 0.6 is 0 Å². The molecule has 0 aromatic carbocycles. The number of urea groups is 1. The van der Waals surface area contributed by atoms with Crippen LogP contribution < -0.4 is 0 Å². The number of carbonyl (C=O) groups excluding carboxylic acids is 1. The third-order valence-electron chi connectivity index (χ3n) is 3.23. The zero-order valence-corrected chi connectivity index (χ0v) is 10.5. The zero-order chi connectivity index (χ0) is 13.8. The van der Waals surface area contributed by atoms with Crippen molar-refractivity contribution in [3.05, 3.63) is 0 Å². The van der Waals surface area contributed by atoms with Crippen molar-refractivity contribution in [2.24, 2.45) is 0 Å². The van der Waals surface area contributed by atoms with E-state index in [0.717, 1.165) is 0 Å². The maximum absolute atomic E-state index is 12.2. The van der Waals surface area contributed by atoms with Crippen molar-refractivity contribution in [1.29, 1.82) is 0 Å². The number of carbonyl (C=O) groups is 2. The first-order valence-electron chi connectivity index (χ1n) is 6.22. The Morgan fingerprint density at radius 1 is 1.11 bits per heavy atom. The Kier molecular flexibility index (Phi) is 4.56. The fourth-order valence-electron chi connectivity index (χ4n) is 2.18. The highest BCUT2D eigenvalue weighted by Gasteiger charge is 2.33. The lowest BCUT2D eigenvalue weighted by molar-refractivity contribution is -0.154. The van der Waals surface area contributed by atoms with Crippen molar-refractivity contribution < 1.29 is 29.3 Å². The highest BCUT2D eigenvalue weighted by molar-refractivity contribution is 5.77. The van der Waals surface area contributed by atoms with Gasteiger partial charge in [0.05, 0.1) is 39.0 Å². The summed E-state index contributed by atoms with van der Waals surface area (Å²) in [4.78, 5) is 26.2. The number of rotatable bonds is 2. The molecule has 0 aromatic heterocycles. The predicted molar refractivity (Wildman–Crippen MR) is 62.7 cm³/mol. The van der Waals surface area contributed by atoms with Gasteiger partial charge in [-0.3, -0.25) is 0 Å². The number of hydrogen-bond donors (Lipinski definition) is 2. The lowest BCUT2D eigenvalue weighted by atomic mass is 10.2. The molecule has 0 spiro atoms. The molecule has 2 rings (SSSR count). The molecule has 0 bridgehead atoms. The lowest BCUT2D eigenvalue weighted by Gasteiger charge is -2.38. The number of morpholine rings is 2. The summed E-state index contributed by atoms with van der Waals surface area (Å²) in [6, 6.07) is -0.226. The molecule has 2 saturated heterocycles. The quantitative estimate of drug-likeness (QED) is 0.641. The topological polar surface area (TPSA) is 99.5 Å². The first-order chi connectivity index (χ1) is 9.11. The molecular formula is C11H18N2O6. The molecule has 0 radical (unpaired) electrons. The van der Waals surface area contributed by atoms with Gasteiger partial charge in [0.25, 0.3) is 0 Å². The molecule has 2 atom stereocenters. The number of aliphatic carboxylic acids is 1. The average molecular weight is 274 g/mol. The van der Waals surface area contributed by atoms with Gasteiger partial charge in [-0.1, -0.05) is 0 Å². The highest BCUT2D eigenvalue weighted by atomic mass is 16.5. The van der Waals surface area contributed by atoms with E-state index in [1.807, 2.05) is 0 Å². The minimum atomic E-state index is -1.06. The third-order valence-corrected chi connectivity index (χ3v) is 3.23. The number of nitrogens with zero attached hydrogens (tertiary/aromatic N) is 2. The van der Waals surface area contributed by atoms with Gasteiger partial charge in [0.15, 0.2) is 6.10 Å². The van der Waals surface area contributed by atoms with E-state index in [1.165, 1.54) is 4.90 Å². The molecule has 2 N–H and O–H groups in total. The van der Waals surface area contributed by atoms with E-state index in [1.54, 1.807) is 4.90 Å². The number of aliphatic hydroxyl groups excluding tert-OH is 1. The number of ether oxygens (including phenoxy) is 2. The van der Waals surface area contributed by atoms with Gasteiger partial charge in [0, 0.05) is 13.1 Å². The summed E-state index contributed by atoms with van der Waals surface area (Å²) in [5, 5.41) is 17.9. The van der Waals surface area contributed by atoms with Crippen LogP contribution in [-0.4, -0.2) is 90.2 Å². The Hall–Kier alpha value is -1.38. The van der Waals surface area contributed by atoms with E-state index in [0.29, 0.717) is 26.2 Å². The van der Waals surface area contributed by atoms with E-state index >= 15 is 0 Å². The molecule has 2 aliphatic rings. The standard InChI is InChI=1S/C11H18N2O6/c14-7-8-5-12(1-3-18-8)11(17)13-2-4-19-9(6-13)10(15)16/h8-9,14H,1-7H2,(H,15,16). The summed E-state index contributed by atoms with van der Waals surface area (Å²) in [7, 11) is 0. The number of carboxylic acid groups (broad SMARTS) is 1. The van der Waals surface area contributed by atoms with E-state index < -0.39 is 12.1 Å². The molecule has 2 heterocycles. The number of amides is 2. The summed E-state index contributed by atoms with van der Waals surface area (Å²) < 4.78 is 10.3. The van der Waals surface area contributed by atoms with Gasteiger partial charge in [0.1, 0.15) is 0 Å². The fraction of sp³-hybridized carbons (Fsp3) is 0.818. The van der Waals surface area contributed by atoms with Crippen molar-refractivity contribution in [2.75, 3.05) is 46.0 Å². The molecule has 2 amide bonds. The van der Waals surface area contributed by atoms with Crippen LogP contribution in [0.3, 0.4) is 0 Å². The second-order valence-electron chi connectivity index (χ2n) is 4.55. The van der Waals surface area contributed by atoms with Crippen LogP contribution in [0, 0.1) is 0 Å².